The van der Waals surface area contributed by atoms with Crippen molar-refractivity contribution in [3.8, 4) is 0 Å². The highest BCUT2D eigenvalue weighted by atomic mass is 16.1. The predicted octanol–water partition coefficient (Wildman–Crippen LogP) is 2.87. The molecule has 2 heterocycles. The maximum absolute atomic E-state index is 11.3. The summed E-state index contributed by atoms with van der Waals surface area (Å²) in [6.45, 7) is 8.88. The Balaban J connectivity index is 2.24. The molecule has 1 atom stereocenters. The summed E-state index contributed by atoms with van der Waals surface area (Å²) in [6.07, 6.45) is 3.79. The van der Waals surface area contributed by atoms with Gasteiger partial charge in [0, 0.05) is 24.3 Å². The topological polar surface area (TPSA) is 36.1 Å². The number of hydrogen-bond donors (Lipinski definition) is 1. The van der Waals surface area contributed by atoms with Gasteiger partial charge in [-0.2, -0.15) is 0 Å². The minimum Gasteiger partial charge on any atom is -0.326 e. The number of rotatable bonds is 3. The molecule has 1 fully saturated rings. The fourth-order valence-electron chi connectivity index (χ4n) is 2.98. The first-order valence-corrected chi connectivity index (χ1v) is 7.02. The number of aromatic nitrogens is 1. The first kappa shape index (κ1) is 13.3. The van der Waals surface area contributed by atoms with Crippen molar-refractivity contribution in [2.24, 2.45) is 5.92 Å². The van der Waals surface area contributed by atoms with Gasteiger partial charge in [0.1, 0.15) is 0 Å². The van der Waals surface area contributed by atoms with Crippen molar-refractivity contribution in [2.75, 3.05) is 13.1 Å². The second-order valence-corrected chi connectivity index (χ2v) is 5.80. The van der Waals surface area contributed by atoms with E-state index in [0.29, 0.717) is 12.0 Å². The highest BCUT2D eigenvalue weighted by Crippen LogP contribution is 2.32. The molecule has 0 unspecified atom stereocenters. The number of piperidine rings is 1. The molecule has 0 spiro atoms. The standard InChI is InChI=1S/C15H24N2O/c1-11(2)10-17-9-5-4-6-14(17)13-7-8-15(18)16-12(13)3/h7-8,11,14H,4-6,9-10H2,1-3H3,(H,16,18)/t14-/m1/s1. The maximum atomic E-state index is 11.3. The van der Waals surface area contributed by atoms with Crippen LogP contribution in [0.25, 0.3) is 0 Å². The van der Waals surface area contributed by atoms with Crippen molar-refractivity contribution in [2.45, 2.75) is 46.1 Å². The molecule has 2 rings (SSSR count). The van der Waals surface area contributed by atoms with E-state index in [2.05, 4.69) is 23.7 Å². The molecule has 3 heteroatoms. The average molecular weight is 248 g/mol. The molecule has 100 valence electrons. The zero-order valence-electron chi connectivity index (χ0n) is 11.7. The molecule has 0 radical (unpaired) electrons. The second kappa shape index (κ2) is 5.70. The van der Waals surface area contributed by atoms with E-state index in [-0.39, 0.29) is 5.56 Å². The van der Waals surface area contributed by atoms with Gasteiger partial charge in [-0.15, -0.1) is 0 Å². The lowest BCUT2D eigenvalue weighted by molar-refractivity contribution is 0.131. The molecule has 1 aliphatic heterocycles. The van der Waals surface area contributed by atoms with Crippen LogP contribution in [0.15, 0.2) is 16.9 Å². The van der Waals surface area contributed by atoms with Crippen molar-refractivity contribution >= 4 is 0 Å². The third kappa shape index (κ3) is 3.02. The van der Waals surface area contributed by atoms with Crippen LogP contribution in [-0.4, -0.2) is 23.0 Å². The van der Waals surface area contributed by atoms with Crippen molar-refractivity contribution in [3.63, 3.8) is 0 Å². The van der Waals surface area contributed by atoms with Crippen LogP contribution in [0.1, 0.15) is 50.4 Å². The number of nitrogens with one attached hydrogen (secondary N) is 1. The molecule has 18 heavy (non-hydrogen) atoms. The average Bonchev–Trinajstić information content (AvgIpc) is 2.30. The van der Waals surface area contributed by atoms with E-state index in [9.17, 15) is 4.79 Å². The fraction of sp³-hybridized carbons (Fsp3) is 0.667. The normalized spacial score (nSPS) is 21.4. The summed E-state index contributed by atoms with van der Waals surface area (Å²) >= 11 is 0. The molecule has 1 N–H and O–H groups in total. The van der Waals surface area contributed by atoms with Gasteiger partial charge in [0.15, 0.2) is 0 Å². The molecule has 0 bridgehead atoms. The lowest BCUT2D eigenvalue weighted by Gasteiger charge is -2.37. The van der Waals surface area contributed by atoms with Crippen molar-refractivity contribution in [3.05, 3.63) is 33.7 Å². The fourth-order valence-corrected chi connectivity index (χ4v) is 2.98. The van der Waals surface area contributed by atoms with E-state index in [1.165, 1.54) is 31.4 Å². The monoisotopic (exact) mass is 248 g/mol. The molecule has 1 aromatic heterocycles. The third-order valence-corrected chi connectivity index (χ3v) is 3.73. The number of likely N-dealkylation sites (tertiary alicyclic amines) is 1. The van der Waals surface area contributed by atoms with Crippen molar-refractivity contribution < 1.29 is 0 Å². The Labute approximate surface area is 109 Å². The van der Waals surface area contributed by atoms with Gasteiger partial charge < -0.3 is 4.98 Å². The Morgan fingerprint density at radius 3 is 2.83 bits per heavy atom. The minimum absolute atomic E-state index is 0.00229. The van der Waals surface area contributed by atoms with Crippen LogP contribution >= 0.6 is 0 Å². The van der Waals surface area contributed by atoms with E-state index in [0.717, 1.165) is 12.2 Å². The molecule has 1 saturated heterocycles. The zero-order valence-corrected chi connectivity index (χ0v) is 11.7. The first-order valence-electron chi connectivity index (χ1n) is 7.02. The minimum atomic E-state index is 0.00229. The predicted molar refractivity (Wildman–Crippen MR) is 74.8 cm³/mol. The highest BCUT2D eigenvalue weighted by molar-refractivity contribution is 5.23. The Kier molecular flexibility index (Phi) is 4.23. The summed E-state index contributed by atoms with van der Waals surface area (Å²) in [6, 6.07) is 4.15. The number of nitrogens with zero attached hydrogens (tertiary/aromatic N) is 1. The SMILES string of the molecule is Cc1[nH]c(=O)ccc1[C@H]1CCCCN1CC(C)C. The van der Waals surface area contributed by atoms with Gasteiger partial charge in [0.05, 0.1) is 0 Å². The molecule has 1 aromatic rings. The summed E-state index contributed by atoms with van der Waals surface area (Å²) in [5.41, 5.74) is 2.33. The van der Waals surface area contributed by atoms with Crippen LogP contribution in [0.5, 0.6) is 0 Å². The van der Waals surface area contributed by atoms with E-state index in [1.54, 1.807) is 6.07 Å². The van der Waals surface area contributed by atoms with Crippen LogP contribution in [0.4, 0.5) is 0 Å². The Bertz CT molecular complexity index is 450. The first-order chi connectivity index (χ1) is 8.58. The van der Waals surface area contributed by atoms with Gasteiger partial charge in [-0.05, 0) is 37.8 Å². The highest BCUT2D eigenvalue weighted by Gasteiger charge is 2.25. The lowest BCUT2D eigenvalue weighted by atomic mass is 9.93. The molecule has 0 aromatic carbocycles. The molecule has 0 aliphatic carbocycles. The lowest BCUT2D eigenvalue weighted by Crippen LogP contribution is -2.36. The van der Waals surface area contributed by atoms with Crippen LogP contribution < -0.4 is 5.56 Å². The van der Waals surface area contributed by atoms with Gasteiger partial charge >= 0.3 is 0 Å². The number of hydrogen-bond acceptors (Lipinski definition) is 2. The Morgan fingerprint density at radius 1 is 1.39 bits per heavy atom. The Hall–Kier alpha value is -1.09. The van der Waals surface area contributed by atoms with E-state index in [4.69, 9.17) is 0 Å². The van der Waals surface area contributed by atoms with Crippen LogP contribution in [0.2, 0.25) is 0 Å². The second-order valence-electron chi connectivity index (χ2n) is 5.80. The summed E-state index contributed by atoms with van der Waals surface area (Å²) in [7, 11) is 0. The van der Waals surface area contributed by atoms with Gasteiger partial charge in [0.25, 0.3) is 0 Å². The maximum Gasteiger partial charge on any atom is 0.248 e. The third-order valence-electron chi connectivity index (χ3n) is 3.73. The molecule has 1 aliphatic rings. The van der Waals surface area contributed by atoms with E-state index < -0.39 is 0 Å². The summed E-state index contributed by atoms with van der Waals surface area (Å²) in [5.74, 6) is 0.689. The van der Waals surface area contributed by atoms with Gasteiger partial charge in [-0.25, -0.2) is 0 Å². The number of aryl methyl sites for hydroxylation is 1. The largest absolute Gasteiger partial charge is 0.326 e. The van der Waals surface area contributed by atoms with Crippen LogP contribution in [-0.2, 0) is 0 Å². The molecular weight excluding hydrogens is 224 g/mol. The number of aromatic amines is 1. The van der Waals surface area contributed by atoms with Crippen LogP contribution in [0.3, 0.4) is 0 Å². The number of H-pyrrole nitrogens is 1. The van der Waals surface area contributed by atoms with Crippen molar-refractivity contribution in [1.29, 1.82) is 0 Å². The quantitative estimate of drug-likeness (QED) is 0.893. The van der Waals surface area contributed by atoms with Crippen LogP contribution in [0, 0.1) is 12.8 Å². The summed E-state index contributed by atoms with van der Waals surface area (Å²) < 4.78 is 0. The molecular formula is C15H24N2O. The smallest absolute Gasteiger partial charge is 0.248 e. The van der Waals surface area contributed by atoms with Crippen molar-refractivity contribution in [1.82, 2.24) is 9.88 Å². The van der Waals surface area contributed by atoms with Gasteiger partial charge in [-0.3, -0.25) is 9.69 Å². The molecule has 3 nitrogen and oxygen atoms in total. The summed E-state index contributed by atoms with van der Waals surface area (Å²) in [5, 5.41) is 0. The molecule has 0 saturated carbocycles. The Morgan fingerprint density at radius 2 is 2.17 bits per heavy atom. The summed E-state index contributed by atoms with van der Waals surface area (Å²) in [4.78, 5) is 16.8. The zero-order chi connectivity index (χ0) is 13.1. The molecule has 0 amide bonds. The van der Waals surface area contributed by atoms with Gasteiger partial charge in [-0.1, -0.05) is 26.3 Å². The van der Waals surface area contributed by atoms with Gasteiger partial charge in [0.2, 0.25) is 5.56 Å². The van der Waals surface area contributed by atoms with E-state index >= 15 is 0 Å². The number of pyridine rings is 1. The van der Waals surface area contributed by atoms with E-state index in [1.807, 2.05) is 13.0 Å².